The zero-order valence-electron chi connectivity index (χ0n) is 10.5. The molecule has 0 bridgehead atoms. The monoisotopic (exact) mass is 257 g/mol. The zero-order chi connectivity index (χ0) is 13.7. The molecule has 3 nitrogen and oxygen atoms in total. The maximum absolute atomic E-state index is 13.5. The average Bonchev–Trinajstić information content (AvgIpc) is 2.32. The van der Waals surface area contributed by atoms with Crippen LogP contribution in [0.25, 0.3) is 0 Å². The van der Waals surface area contributed by atoms with Crippen molar-refractivity contribution >= 4 is 5.97 Å². The molecule has 1 rings (SSSR count). The highest BCUT2D eigenvalue weighted by molar-refractivity contribution is 5.73. The van der Waals surface area contributed by atoms with Crippen LogP contribution in [0.2, 0.25) is 0 Å². The van der Waals surface area contributed by atoms with E-state index in [1.807, 2.05) is 0 Å². The smallest absolute Gasteiger partial charge is 0.320 e. The van der Waals surface area contributed by atoms with E-state index in [0.29, 0.717) is 13.0 Å². The van der Waals surface area contributed by atoms with Crippen LogP contribution in [0.15, 0.2) is 18.2 Å². The molecule has 0 radical (unpaired) electrons. The first kappa shape index (κ1) is 14.6. The summed E-state index contributed by atoms with van der Waals surface area (Å²) in [6, 6.07) is 2.91. The summed E-state index contributed by atoms with van der Waals surface area (Å²) in [6.45, 7) is 3.88. The van der Waals surface area contributed by atoms with Crippen molar-refractivity contribution in [1.29, 1.82) is 0 Å². The predicted octanol–water partition coefficient (Wildman–Crippen LogP) is 2.65. The van der Waals surface area contributed by atoms with Crippen molar-refractivity contribution in [3.63, 3.8) is 0 Å². The normalized spacial score (nSPS) is 12.7. The molecule has 0 aliphatic carbocycles. The second kappa shape index (κ2) is 6.44. The van der Waals surface area contributed by atoms with Crippen LogP contribution in [0.3, 0.4) is 0 Å². The van der Waals surface area contributed by atoms with Gasteiger partial charge in [-0.25, -0.2) is 8.78 Å². The summed E-state index contributed by atoms with van der Waals surface area (Å²) in [5.74, 6) is -2.27. The quantitative estimate of drug-likeness (QED) is 0.851. The molecule has 0 fully saturated rings. The van der Waals surface area contributed by atoms with Crippen LogP contribution < -0.4 is 0 Å². The molecule has 0 aliphatic rings. The van der Waals surface area contributed by atoms with Crippen LogP contribution >= 0.6 is 0 Å². The number of halogens is 2. The zero-order valence-corrected chi connectivity index (χ0v) is 10.5. The Morgan fingerprint density at radius 1 is 1.33 bits per heavy atom. The fraction of sp³-hybridized carbons (Fsp3) is 0.462. The third-order valence-corrected chi connectivity index (χ3v) is 2.94. The van der Waals surface area contributed by atoms with Crippen LogP contribution in [-0.4, -0.2) is 28.6 Å². The molecule has 0 amide bonds. The lowest BCUT2D eigenvalue weighted by atomic mass is 10.1. The summed E-state index contributed by atoms with van der Waals surface area (Å²) in [6.07, 6.45) is 0.388. The van der Waals surface area contributed by atoms with E-state index in [1.54, 1.807) is 18.7 Å². The van der Waals surface area contributed by atoms with Crippen molar-refractivity contribution < 1.29 is 18.7 Å². The molecule has 100 valence electrons. The highest BCUT2D eigenvalue weighted by Crippen LogP contribution is 2.17. The van der Waals surface area contributed by atoms with Gasteiger partial charge in [-0.1, -0.05) is 19.9 Å². The van der Waals surface area contributed by atoms with Gasteiger partial charge >= 0.3 is 5.97 Å². The molecule has 1 unspecified atom stereocenters. The van der Waals surface area contributed by atoms with Gasteiger partial charge in [-0.15, -0.1) is 0 Å². The molecular formula is C13H17F2NO2. The second-order valence-corrected chi connectivity index (χ2v) is 4.03. The Hall–Kier alpha value is -1.49. The van der Waals surface area contributed by atoms with Crippen LogP contribution in [0, 0.1) is 11.6 Å². The van der Waals surface area contributed by atoms with Gasteiger partial charge in [0.2, 0.25) is 0 Å². The summed E-state index contributed by atoms with van der Waals surface area (Å²) >= 11 is 0. The molecule has 1 aromatic carbocycles. The van der Waals surface area contributed by atoms with Crippen molar-refractivity contribution in [3.05, 3.63) is 35.4 Å². The lowest BCUT2D eigenvalue weighted by molar-refractivity contribution is -0.143. The van der Waals surface area contributed by atoms with E-state index in [0.717, 1.165) is 0 Å². The minimum Gasteiger partial charge on any atom is -0.480 e. The first-order valence-electron chi connectivity index (χ1n) is 5.91. The van der Waals surface area contributed by atoms with Gasteiger partial charge in [-0.05, 0) is 25.1 Å². The van der Waals surface area contributed by atoms with E-state index >= 15 is 0 Å². The number of likely N-dealkylation sites (N-methyl/N-ethyl adjacent to an activating group) is 1. The van der Waals surface area contributed by atoms with Crippen molar-refractivity contribution in [2.45, 2.75) is 32.9 Å². The SMILES string of the molecule is CCC(C(=O)O)N(CC)Cc1c(F)cccc1F. The third kappa shape index (κ3) is 3.26. The number of nitrogens with zero attached hydrogens (tertiary/aromatic N) is 1. The molecule has 0 saturated heterocycles. The standard InChI is InChI=1S/C13H17F2NO2/c1-3-12(13(17)18)16(4-2)8-9-10(14)6-5-7-11(9)15/h5-7,12H,3-4,8H2,1-2H3,(H,17,18). The largest absolute Gasteiger partial charge is 0.480 e. The topological polar surface area (TPSA) is 40.5 Å². The summed E-state index contributed by atoms with van der Waals surface area (Å²) in [5.41, 5.74) is -0.0842. The molecule has 0 aromatic heterocycles. The molecule has 0 heterocycles. The van der Waals surface area contributed by atoms with Gasteiger partial charge in [-0.3, -0.25) is 9.69 Å². The lowest BCUT2D eigenvalue weighted by Gasteiger charge is -2.27. The fourth-order valence-corrected chi connectivity index (χ4v) is 1.92. The summed E-state index contributed by atoms with van der Waals surface area (Å²) in [4.78, 5) is 12.6. The van der Waals surface area contributed by atoms with E-state index in [9.17, 15) is 13.6 Å². The van der Waals surface area contributed by atoms with Gasteiger partial charge < -0.3 is 5.11 Å². The molecule has 1 atom stereocenters. The number of hydrogen-bond acceptors (Lipinski definition) is 2. The number of aliphatic carboxylic acids is 1. The Kier molecular flexibility index (Phi) is 5.22. The van der Waals surface area contributed by atoms with Gasteiger partial charge in [0.25, 0.3) is 0 Å². The molecule has 18 heavy (non-hydrogen) atoms. The van der Waals surface area contributed by atoms with Crippen LogP contribution in [-0.2, 0) is 11.3 Å². The predicted molar refractivity (Wildman–Crippen MR) is 64.2 cm³/mol. The number of hydrogen-bond donors (Lipinski definition) is 1. The average molecular weight is 257 g/mol. The maximum atomic E-state index is 13.5. The number of carboxylic acids is 1. The number of benzene rings is 1. The molecule has 1 N–H and O–H groups in total. The Labute approximate surface area is 105 Å². The van der Waals surface area contributed by atoms with Crippen molar-refractivity contribution in [2.75, 3.05) is 6.54 Å². The van der Waals surface area contributed by atoms with Gasteiger partial charge in [0.1, 0.15) is 17.7 Å². The summed E-state index contributed by atoms with van der Waals surface area (Å²) in [7, 11) is 0. The van der Waals surface area contributed by atoms with E-state index in [-0.39, 0.29) is 12.1 Å². The Morgan fingerprint density at radius 3 is 2.28 bits per heavy atom. The Balaban J connectivity index is 2.95. The van der Waals surface area contributed by atoms with E-state index in [4.69, 9.17) is 5.11 Å². The van der Waals surface area contributed by atoms with Gasteiger partial charge in [0.05, 0.1) is 0 Å². The van der Waals surface area contributed by atoms with Gasteiger partial charge in [0.15, 0.2) is 0 Å². The Morgan fingerprint density at radius 2 is 1.89 bits per heavy atom. The highest BCUT2D eigenvalue weighted by atomic mass is 19.1. The van der Waals surface area contributed by atoms with Crippen LogP contribution in [0.1, 0.15) is 25.8 Å². The molecule has 0 spiro atoms. The lowest BCUT2D eigenvalue weighted by Crippen LogP contribution is -2.40. The molecule has 1 aromatic rings. The highest BCUT2D eigenvalue weighted by Gasteiger charge is 2.24. The van der Waals surface area contributed by atoms with E-state index < -0.39 is 23.6 Å². The van der Waals surface area contributed by atoms with Crippen LogP contribution in [0.4, 0.5) is 8.78 Å². The van der Waals surface area contributed by atoms with E-state index in [2.05, 4.69) is 0 Å². The fourth-order valence-electron chi connectivity index (χ4n) is 1.92. The van der Waals surface area contributed by atoms with E-state index in [1.165, 1.54) is 18.2 Å². The molecule has 5 heteroatoms. The maximum Gasteiger partial charge on any atom is 0.320 e. The van der Waals surface area contributed by atoms with Gasteiger partial charge in [-0.2, -0.15) is 0 Å². The minimum absolute atomic E-state index is 0.0419. The van der Waals surface area contributed by atoms with Crippen molar-refractivity contribution in [1.82, 2.24) is 4.90 Å². The van der Waals surface area contributed by atoms with Crippen molar-refractivity contribution in [3.8, 4) is 0 Å². The third-order valence-electron chi connectivity index (χ3n) is 2.94. The van der Waals surface area contributed by atoms with Crippen LogP contribution in [0.5, 0.6) is 0 Å². The molecule has 0 saturated carbocycles. The minimum atomic E-state index is -0.976. The first-order chi connectivity index (χ1) is 8.51. The summed E-state index contributed by atoms with van der Waals surface area (Å²) < 4.78 is 27.0. The number of rotatable bonds is 6. The first-order valence-corrected chi connectivity index (χ1v) is 5.91. The second-order valence-electron chi connectivity index (χ2n) is 4.03. The Bertz CT molecular complexity index is 403. The molecule has 0 aliphatic heterocycles. The number of carbonyl (C=O) groups is 1. The van der Waals surface area contributed by atoms with Crippen molar-refractivity contribution in [2.24, 2.45) is 0 Å². The summed E-state index contributed by atoms with van der Waals surface area (Å²) in [5, 5.41) is 9.06. The number of carboxylic acid groups (broad SMARTS) is 1. The van der Waals surface area contributed by atoms with Gasteiger partial charge in [0, 0.05) is 12.1 Å². The molecular weight excluding hydrogens is 240 g/mol.